The van der Waals surface area contributed by atoms with E-state index in [9.17, 15) is 4.79 Å². The van der Waals surface area contributed by atoms with Gasteiger partial charge in [-0.25, -0.2) is 0 Å². The Kier molecular flexibility index (Phi) is 6.10. The second-order valence-corrected chi connectivity index (χ2v) is 7.11. The fraction of sp³-hybridized carbons (Fsp3) is 0.0417. The van der Waals surface area contributed by atoms with E-state index in [0.717, 1.165) is 17.1 Å². The van der Waals surface area contributed by atoms with Gasteiger partial charge in [-0.2, -0.15) is 0 Å². The van der Waals surface area contributed by atoms with Gasteiger partial charge in [0.1, 0.15) is 11.5 Å². The van der Waals surface area contributed by atoms with Crippen LogP contribution in [0.4, 0.5) is 17.1 Å². The summed E-state index contributed by atoms with van der Waals surface area (Å²) in [6, 6.07) is 19.7. The van der Waals surface area contributed by atoms with Crippen LogP contribution in [0.3, 0.4) is 0 Å². The highest BCUT2D eigenvalue weighted by atomic mass is 35.5. The predicted molar refractivity (Wildman–Crippen MR) is 122 cm³/mol. The van der Waals surface area contributed by atoms with Crippen LogP contribution < -0.4 is 15.4 Å². The van der Waals surface area contributed by atoms with Crippen LogP contribution in [0.2, 0.25) is 5.02 Å². The minimum Gasteiger partial charge on any atom is -0.457 e. The Balaban J connectivity index is 1.47. The van der Waals surface area contributed by atoms with Gasteiger partial charge in [0.2, 0.25) is 0 Å². The Morgan fingerprint density at radius 2 is 1.68 bits per heavy atom. The van der Waals surface area contributed by atoms with Gasteiger partial charge in [0.25, 0.3) is 5.91 Å². The Hall–Kier alpha value is -3.90. The molecule has 2 aromatic heterocycles. The zero-order valence-electron chi connectivity index (χ0n) is 16.7. The third-order valence-electron chi connectivity index (χ3n) is 4.44. The summed E-state index contributed by atoms with van der Waals surface area (Å²) in [4.78, 5) is 20.9. The van der Waals surface area contributed by atoms with Crippen LogP contribution >= 0.6 is 11.6 Å². The zero-order valence-corrected chi connectivity index (χ0v) is 17.4. The molecule has 0 spiro atoms. The number of amides is 1. The monoisotopic (exact) mass is 430 g/mol. The van der Waals surface area contributed by atoms with E-state index in [2.05, 4.69) is 20.6 Å². The third-order valence-corrected chi connectivity index (χ3v) is 4.92. The first-order chi connectivity index (χ1) is 15.1. The number of pyridine rings is 2. The van der Waals surface area contributed by atoms with E-state index >= 15 is 0 Å². The van der Waals surface area contributed by atoms with Gasteiger partial charge in [0, 0.05) is 41.6 Å². The lowest BCUT2D eigenvalue weighted by Crippen LogP contribution is -2.12. The minimum absolute atomic E-state index is 0.235. The largest absolute Gasteiger partial charge is 0.457 e. The molecule has 0 atom stereocenters. The summed E-state index contributed by atoms with van der Waals surface area (Å²) in [6.07, 6.45) is 4.99. The van der Waals surface area contributed by atoms with Crippen LogP contribution in [0.1, 0.15) is 16.1 Å². The second kappa shape index (κ2) is 9.28. The summed E-state index contributed by atoms with van der Waals surface area (Å²) in [6.45, 7) is 1.84. The van der Waals surface area contributed by atoms with E-state index < -0.39 is 0 Å². The first-order valence-corrected chi connectivity index (χ1v) is 9.94. The van der Waals surface area contributed by atoms with Crippen molar-refractivity contribution >= 4 is 34.6 Å². The average Bonchev–Trinajstić information content (AvgIpc) is 2.78. The van der Waals surface area contributed by atoms with Gasteiger partial charge in [0.15, 0.2) is 0 Å². The van der Waals surface area contributed by atoms with Crippen molar-refractivity contribution in [2.75, 3.05) is 10.6 Å². The number of hydrogen-bond acceptors (Lipinski definition) is 5. The van der Waals surface area contributed by atoms with Crippen molar-refractivity contribution in [1.82, 2.24) is 9.97 Å². The standard InChI is InChI=1S/C24H19ClN4O2/c1-16-23(25)22(10-13-27-16)28-18-5-2-4-17(14-18)24(30)29-19-6-3-7-21(15-19)31-20-8-11-26-12-9-20/h2-15H,1H3,(H,27,28)(H,29,30). The van der Waals surface area contributed by atoms with Crippen molar-refractivity contribution in [3.05, 3.63) is 102 Å². The lowest BCUT2D eigenvalue weighted by molar-refractivity contribution is 0.102. The first kappa shape index (κ1) is 20.4. The Morgan fingerprint density at radius 1 is 0.903 bits per heavy atom. The molecule has 154 valence electrons. The number of ether oxygens (including phenoxy) is 1. The Labute approximate surface area is 184 Å². The lowest BCUT2D eigenvalue weighted by Gasteiger charge is -2.12. The maximum atomic E-state index is 12.8. The highest BCUT2D eigenvalue weighted by Crippen LogP contribution is 2.28. The van der Waals surface area contributed by atoms with E-state index in [4.69, 9.17) is 16.3 Å². The van der Waals surface area contributed by atoms with Crippen molar-refractivity contribution in [2.24, 2.45) is 0 Å². The highest BCUT2D eigenvalue weighted by molar-refractivity contribution is 6.33. The number of hydrogen-bond donors (Lipinski definition) is 2. The van der Waals surface area contributed by atoms with Gasteiger partial charge in [-0.15, -0.1) is 0 Å². The van der Waals surface area contributed by atoms with Crippen LogP contribution in [0, 0.1) is 6.92 Å². The van der Waals surface area contributed by atoms with Gasteiger partial charge < -0.3 is 15.4 Å². The van der Waals surface area contributed by atoms with Crippen LogP contribution in [0.5, 0.6) is 11.5 Å². The van der Waals surface area contributed by atoms with Crippen LogP contribution in [0.25, 0.3) is 0 Å². The van der Waals surface area contributed by atoms with Gasteiger partial charge in [-0.05, 0) is 55.5 Å². The third kappa shape index (κ3) is 5.18. The molecule has 2 N–H and O–H groups in total. The molecule has 7 heteroatoms. The smallest absolute Gasteiger partial charge is 0.255 e. The number of carbonyl (C=O) groups is 1. The van der Waals surface area contributed by atoms with Crippen molar-refractivity contribution in [2.45, 2.75) is 6.92 Å². The molecule has 2 aromatic carbocycles. The molecule has 0 fully saturated rings. The number of nitrogens with one attached hydrogen (secondary N) is 2. The molecule has 1 amide bonds. The van der Waals surface area contributed by atoms with Gasteiger partial charge >= 0.3 is 0 Å². The van der Waals surface area contributed by atoms with Gasteiger partial charge in [-0.3, -0.25) is 14.8 Å². The average molecular weight is 431 g/mol. The molecule has 0 aliphatic rings. The van der Waals surface area contributed by atoms with Crippen LogP contribution in [0.15, 0.2) is 85.3 Å². The van der Waals surface area contributed by atoms with Gasteiger partial charge in [-0.1, -0.05) is 23.7 Å². The summed E-state index contributed by atoms with van der Waals surface area (Å²) in [5.41, 5.74) is 3.34. The maximum absolute atomic E-state index is 12.8. The van der Waals surface area contributed by atoms with Crippen LogP contribution in [-0.2, 0) is 0 Å². The molecule has 0 saturated carbocycles. The number of aromatic nitrogens is 2. The number of halogens is 1. The van der Waals surface area contributed by atoms with E-state index in [1.165, 1.54) is 0 Å². The molecule has 2 heterocycles. The number of benzene rings is 2. The molecule has 4 aromatic rings. The second-order valence-electron chi connectivity index (χ2n) is 6.73. The SMILES string of the molecule is Cc1nccc(Nc2cccc(C(=O)Nc3cccc(Oc4ccncc4)c3)c2)c1Cl. The van der Waals surface area contributed by atoms with Crippen molar-refractivity contribution in [3.8, 4) is 11.5 Å². The van der Waals surface area contributed by atoms with Crippen molar-refractivity contribution in [1.29, 1.82) is 0 Å². The minimum atomic E-state index is -0.235. The van der Waals surface area contributed by atoms with Crippen molar-refractivity contribution in [3.63, 3.8) is 0 Å². The molecule has 0 saturated heterocycles. The van der Waals surface area contributed by atoms with E-state index in [1.54, 1.807) is 61.1 Å². The summed E-state index contributed by atoms with van der Waals surface area (Å²) >= 11 is 6.31. The Bertz CT molecular complexity index is 1220. The highest BCUT2D eigenvalue weighted by Gasteiger charge is 2.10. The molecule has 0 aliphatic heterocycles. The molecule has 0 radical (unpaired) electrons. The van der Waals surface area contributed by atoms with Gasteiger partial charge in [0.05, 0.1) is 16.4 Å². The van der Waals surface area contributed by atoms with E-state index in [-0.39, 0.29) is 5.91 Å². The molecule has 0 bridgehead atoms. The number of aryl methyl sites for hydroxylation is 1. The van der Waals surface area contributed by atoms with Crippen molar-refractivity contribution < 1.29 is 9.53 Å². The molecular weight excluding hydrogens is 412 g/mol. The predicted octanol–water partition coefficient (Wildman–Crippen LogP) is 6.23. The molecule has 4 rings (SSSR count). The molecular formula is C24H19ClN4O2. The number of rotatable bonds is 6. The first-order valence-electron chi connectivity index (χ1n) is 9.56. The van der Waals surface area contributed by atoms with Crippen LogP contribution in [-0.4, -0.2) is 15.9 Å². The molecule has 0 unspecified atom stereocenters. The summed E-state index contributed by atoms with van der Waals surface area (Å²) < 4.78 is 5.79. The Morgan fingerprint density at radius 3 is 2.52 bits per heavy atom. The summed E-state index contributed by atoms with van der Waals surface area (Å²) in [5, 5.41) is 6.68. The maximum Gasteiger partial charge on any atom is 0.255 e. The fourth-order valence-corrected chi connectivity index (χ4v) is 3.08. The fourth-order valence-electron chi connectivity index (χ4n) is 2.92. The topological polar surface area (TPSA) is 76.1 Å². The lowest BCUT2D eigenvalue weighted by atomic mass is 10.1. The number of carbonyl (C=O) groups excluding carboxylic acids is 1. The van der Waals surface area contributed by atoms with E-state index in [0.29, 0.717) is 27.8 Å². The molecule has 31 heavy (non-hydrogen) atoms. The number of anilines is 3. The quantitative estimate of drug-likeness (QED) is 0.379. The summed E-state index contributed by atoms with van der Waals surface area (Å²) in [7, 11) is 0. The molecule has 0 aliphatic carbocycles. The summed E-state index contributed by atoms with van der Waals surface area (Å²) in [5.74, 6) is 1.05. The normalized spacial score (nSPS) is 10.4. The zero-order chi connectivity index (χ0) is 21.6. The van der Waals surface area contributed by atoms with E-state index in [1.807, 2.05) is 31.2 Å². The molecule has 6 nitrogen and oxygen atoms in total. The number of nitrogens with zero attached hydrogens (tertiary/aromatic N) is 2.